The van der Waals surface area contributed by atoms with Crippen LogP contribution >= 0.6 is 11.8 Å². The molecule has 164 valence electrons. The van der Waals surface area contributed by atoms with E-state index in [0.717, 1.165) is 0 Å². The molecule has 0 unspecified atom stereocenters. The number of ether oxygens (including phenoxy) is 2. The second-order valence-electron chi connectivity index (χ2n) is 6.52. The average Bonchev–Trinajstić information content (AvgIpc) is 3.18. The van der Waals surface area contributed by atoms with Crippen LogP contribution in [-0.4, -0.2) is 79.8 Å². The Morgan fingerprint density at radius 3 is 2.53 bits per heavy atom. The van der Waals surface area contributed by atoms with E-state index in [-0.39, 0.29) is 35.4 Å². The van der Waals surface area contributed by atoms with Crippen molar-refractivity contribution in [3.05, 3.63) is 29.9 Å². The number of amides is 1. The summed E-state index contributed by atoms with van der Waals surface area (Å²) in [5, 5.41) is 3.79. The molecule has 1 aromatic carbocycles. The number of methoxy groups -OCH3 is 2. The van der Waals surface area contributed by atoms with Crippen LogP contribution in [0.15, 0.2) is 27.6 Å². The molecule has 2 heterocycles. The maximum Gasteiger partial charge on any atom is 0.247 e. The standard InChI is InChI=1S/C18H24N4O6S2/c1-13-19-17(20-28-13)11-29-12-18(23)21-6-8-22(9-7-21)30(24,25)16-10-14(26-2)4-5-15(16)27-3/h4-5,10H,6-9,11-12H2,1-3H3. The second-order valence-corrected chi connectivity index (χ2v) is 9.42. The Hall–Kier alpha value is -2.31. The van der Waals surface area contributed by atoms with Gasteiger partial charge in [-0.05, 0) is 12.1 Å². The summed E-state index contributed by atoms with van der Waals surface area (Å²) in [7, 11) is -0.885. The molecule has 0 aliphatic carbocycles. The first-order valence-corrected chi connectivity index (χ1v) is 11.8. The van der Waals surface area contributed by atoms with Gasteiger partial charge in [0.25, 0.3) is 0 Å². The Balaban J connectivity index is 1.57. The summed E-state index contributed by atoms with van der Waals surface area (Å²) in [6.45, 7) is 2.78. The third kappa shape index (κ3) is 5.05. The second kappa shape index (κ2) is 9.67. The van der Waals surface area contributed by atoms with Gasteiger partial charge in [0.15, 0.2) is 5.82 Å². The summed E-state index contributed by atoms with van der Waals surface area (Å²) >= 11 is 1.40. The molecule has 3 rings (SSSR count). The number of sulfonamides is 1. The molecule has 0 N–H and O–H groups in total. The molecule has 0 radical (unpaired) electrons. The minimum atomic E-state index is -3.78. The van der Waals surface area contributed by atoms with Crippen molar-refractivity contribution in [3.8, 4) is 11.5 Å². The van der Waals surface area contributed by atoms with Gasteiger partial charge in [-0.25, -0.2) is 8.42 Å². The lowest BCUT2D eigenvalue weighted by molar-refractivity contribution is -0.129. The molecule has 2 aromatic rings. The number of thioether (sulfide) groups is 1. The Morgan fingerprint density at radius 1 is 1.20 bits per heavy atom. The van der Waals surface area contributed by atoms with E-state index in [2.05, 4.69) is 10.1 Å². The Labute approximate surface area is 179 Å². The van der Waals surface area contributed by atoms with Gasteiger partial charge in [-0.15, -0.1) is 11.8 Å². The minimum Gasteiger partial charge on any atom is -0.497 e. The van der Waals surface area contributed by atoms with Crippen molar-refractivity contribution >= 4 is 27.7 Å². The predicted molar refractivity (Wildman–Crippen MR) is 110 cm³/mol. The first kappa shape index (κ1) is 22.4. The summed E-state index contributed by atoms with van der Waals surface area (Å²) in [6.07, 6.45) is 0. The van der Waals surface area contributed by atoms with E-state index in [1.807, 2.05) is 0 Å². The van der Waals surface area contributed by atoms with E-state index in [0.29, 0.717) is 36.3 Å². The van der Waals surface area contributed by atoms with Crippen LogP contribution in [0.4, 0.5) is 0 Å². The summed E-state index contributed by atoms with van der Waals surface area (Å²) in [5.41, 5.74) is 0. The first-order chi connectivity index (χ1) is 14.3. The van der Waals surface area contributed by atoms with Gasteiger partial charge >= 0.3 is 0 Å². The van der Waals surface area contributed by atoms with Crippen LogP contribution in [0.2, 0.25) is 0 Å². The Morgan fingerprint density at radius 2 is 1.93 bits per heavy atom. The van der Waals surface area contributed by atoms with E-state index >= 15 is 0 Å². The highest BCUT2D eigenvalue weighted by atomic mass is 32.2. The summed E-state index contributed by atoms with van der Waals surface area (Å²) < 4.78 is 42.8. The molecule has 1 fully saturated rings. The largest absolute Gasteiger partial charge is 0.497 e. The zero-order chi connectivity index (χ0) is 21.7. The van der Waals surface area contributed by atoms with Gasteiger partial charge in [0.1, 0.15) is 16.4 Å². The van der Waals surface area contributed by atoms with Gasteiger partial charge < -0.3 is 18.9 Å². The highest BCUT2D eigenvalue weighted by Crippen LogP contribution is 2.31. The fraction of sp³-hybridized carbons (Fsp3) is 0.500. The zero-order valence-electron chi connectivity index (χ0n) is 17.0. The molecular formula is C18H24N4O6S2. The third-order valence-corrected chi connectivity index (χ3v) is 7.44. The Kier molecular flexibility index (Phi) is 7.21. The van der Waals surface area contributed by atoms with Gasteiger partial charge in [0, 0.05) is 39.2 Å². The number of aromatic nitrogens is 2. The lowest BCUT2D eigenvalue weighted by Crippen LogP contribution is -2.51. The lowest BCUT2D eigenvalue weighted by Gasteiger charge is -2.34. The van der Waals surface area contributed by atoms with Crippen molar-refractivity contribution in [2.45, 2.75) is 17.6 Å². The topological polar surface area (TPSA) is 115 Å². The number of hydrogen-bond acceptors (Lipinski definition) is 9. The molecule has 1 aliphatic rings. The lowest BCUT2D eigenvalue weighted by atomic mass is 10.3. The van der Waals surface area contributed by atoms with Gasteiger partial charge in [-0.3, -0.25) is 4.79 Å². The van der Waals surface area contributed by atoms with E-state index in [4.69, 9.17) is 14.0 Å². The number of piperazine rings is 1. The third-order valence-electron chi connectivity index (χ3n) is 4.61. The monoisotopic (exact) mass is 456 g/mol. The van der Waals surface area contributed by atoms with Crippen molar-refractivity contribution in [3.63, 3.8) is 0 Å². The normalized spacial score (nSPS) is 15.2. The predicted octanol–water partition coefficient (Wildman–Crippen LogP) is 1.16. The van der Waals surface area contributed by atoms with Crippen molar-refractivity contribution in [1.29, 1.82) is 0 Å². The molecule has 0 saturated carbocycles. The van der Waals surface area contributed by atoms with Gasteiger partial charge in [0.2, 0.25) is 21.8 Å². The maximum atomic E-state index is 13.1. The van der Waals surface area contributed by atoms with Crippen LogP contribution in [-0.2, 0) is 20.6 Å². The minimum absolute atomic E-state index is 0.0452. The van der Waals surface area contributed by atoms with Crippen LogP contribution in [0.3, 0.4) is 0 Å². The maximum absolute atomic E-state index is 13.1. The summed E-state index contributed by atoms with van der Waals surface area (Å²) in [5.74, 6) is 2.42. The molecule has 1 aliphatic heterocycles. The van der Waals surface area contributed by atoms with Crippen molar-refractivity contribution < 1.29 is 27.2 Å². The number of benzene rings is 1. The molecule has 1 amide bonds. The fourth-order valence-electron chi connectivity index (χ4n) is 3.02. The van der Waals surface area contributed by atoms with Crippen molar-refractivity contribution in [1.82, 2.24) is 19.3 Å². The van der Waals surface area contributed by atoms with Crippen molar-refractivity contribution in [2.24, 2.45) is 0 Å². The smallest absolute Gasteiger partial charge is 0.247 e. The average molecular weight is 457 g/mol. The number of hydrogen-bond donors (Lipinski definition) is 0. The van der Waals surface area contributed by atoms with Crippen LogP contribution < -0.4 is 9.47 Å². The van der Waals surface area contributed by atoms with E-state index in [1.54, 1.807) is 24.0 Å². The number of rotatable bonds is 8. The number of carbonyl (C=O) groups is 1. The molecule has 30 heavy (non-hydrogen) atoms. The SMILES string of the molecule is COc1ccc(OC)c(S(=O)(=O)N2CCN(C(=O)CSCc3noc(C)n3)CC2)c1. The van der Waals surface area contributed by atoms with Gasteiger partial charge in [-0.1, -0.05) is 5.16 Å². The van der Waals surface area contributed by atoms with Crippen LogP contribution in [0.25, 0.3) is 0 Å². The Bertz CT molecular complexity index is 986. The zero-order valence-corrected chi connectivity index (χ0v) is 18.7. The van der Waals surface area contributed by atoms with Gasteiger partial charge in [0.05, 0.1) is 25.7 Å². The summed E-state index contributed by atoms with van der Waals surface area (Å²) in [6, 6.07) is 4.65. The van der Waals surface area contributed by atoms with E-state index in [1.165, 1.54) is 36.4 Å². The van der Waals surface area contributed by atoms with Crippen LogP contribution in [0.5, 0.6) is 11.5 Å². The molecule has 1 saturated heterocycles. The van der Waals surface area contributed by atoms with Crippen LogP contribution in [0.1, 0.15) is 11.7 Å². The number of nitrogens with zero attached hydrogens (tertiary/aromatic N) is 4. The van der Waals surface area contributed by atoms with E-state index < -0.39 is 10.0 Å². The highest BCUT2D eigenvalue weighted by molar-refractivity contribution is 7.99. The van der Waals surface area contributed by atoms with Gasteiger partial charge in [-0.2, -0.15) is 9.29 Å². The molecule has 1 aromatic heterocycles. The number of carbonyl (C=O) groups excluding carboxylic acids is 1. The fourth-order valence-corrected chi connectivity index (χ4v) is 5.38. The summed E-state index contributed by atoms with van der Waals surface area (Å²) in [4.78, 5) is 18.3. The molecule has 10 nitrogen and oxygen atoms in total. The van der Waals surface area contributed by atoms with E-state index in [9.17, 15) is 13.2 Å². The molecule has 12 heteroatoms. The molecule has 0 spiro atoms. The van der Waals surface area contributed by atoms with Crippen molar-refractivity contribution in [2.75, 3.05) is 46.2 Å². The quantitative estimate of drug-likeness (QED) is 0.577. The van der Waals surface area contributed by atoms with Crippen LogP contribution in [0, 0.1) is 6.92 Å². The molecular weight excluding hydrogens is 432 g/mol. The highest BCUT2D eigenvalue weighted by Gasteiger charge is 2.32. The molecule has 0 bridgehead atoms. The number of aryl methyl sites for hydroxylation is 1. The first-order valence-electron chi connectivity index (χ1n) is 9.22. The molecule has 0 atom stereocenters.